The van der Waals surface area contributed by atoms with E-state index < -0.39 is 29.6 Å². The summed E-state index contributed by atoms with van der Waals surface area (Å²) in [5.41, 5.74) is 27.5. The number of carbonyl (C=O) groups is 6. The zero-order valence-corrected chi connectivity index (χ0v) is 47.6. The maximum atomic E-state index is 11.4. The van der Waals surface area contributed by atoms with Crippen LogP contribution >= 0.6 is 15.9 Å². The molecule has 1 amide bonds. The fourth-order valence-electron chi connectivity index (χ4n) is 3.82. The van der Waals surface area contributed by atoms with Crippen LogP contribution in [0.2, 0.25) is 0 Å². The molecule has 0 saturated heterocycles. The Bertz CT molecular complexity index is 2020. The van der Waals surface area contributed by atoms with Gasteiger partial charge >= 0.3 is 47.6 Å². The first-order chi connectivity index (χ1) is 32.4. The van der Waals surface area contributed by atoms with Gasteiger partial charge in [-0.3, -0.25) is 14.4 Å². The van der Waals surface area contributed by atoms with Crippen LogP contribution in [0.5, 0.6) is 0 Å². The summed E-state index contributed by atoms with van der Waals surface area (Å²) in [6.07, 6.45) is 3.49. The van der Waals surface area contributed by atoms with Crippen LogP contribution in [0.1, 0.15) is 125 Å². The van der Waals surface area contributed by atoms with Crippen LogP contribution in [-0.2, 0) is 40.1 Å². The Hall–Kier alpha value is -5.28. The van der Waals surface area contributed by atoms with E-state index in [2.05, 4.69) is 102 Å². The maximum Gasteiger partial charge on any atom is 1.00 e. The number of rotatable bonds is 12. The number of amides is 1. The van der Waals surface area contributed by atoms with E-state index >= 15 is 0 Å². The van der Waals surface area contributed by atoms with Crippen LogP contribution in [0.25, 0.3) is 20.9 Å². The van der Waals surface area contributed by atoms with Gasteiger partial charge in [0.15, 0.2) is 0 Å². The molecule has 0 unspecified atom stereocenters. The number of aryl methyl sites for hydroxylation is 3. The van der Waals surface area contributed by atoms with Crippen molar-refractivity contribution in [3.63, 3.8) is 0 Å². The average molecular weight is 1050 g/mol. The average Bonchev–Trinajstić information content (AvgIpc) is 3.29. The summed E-state index contributed by atoms with van der Waals surface area (Å²) in [5, 5.41) is 13.0. The van der Waals surface area contributed by atoms with Crippen LogP contribution < -0.4 is 45.9 Å². The Morgan fingerprint density at radius 2 is 1.20 bits per heavy atom. The molecule has 3 aromatic carbocycles. The summed E-state index contributed by atoms with van der Waals surface area (Å²) in [4.78, 5) is 76.5. The van der Waals surface area contributed by atoms with E-state index in [4.69, 9.17) is 21.5 Å². The third kappa shape index (κ3) is 52.1. The van der Waals surface area contributed by atoms with Gasteiger partial charge in [0.25, 0.3) is 0 Å². The maximum absolute atomic E-state index is 11.4. The zero-order valence-electron chi connectivity index (χ0n) is 44.0. The van der Waals surface area contributed by atoms with Crippen molar-refractivity contribution >= 4 is 71.9 Å². The topological polar surface area (TPSA) is 290 Å². The van der Waals surface area contributed by atoms with Crippen molar-refractivity contribution in [3.05, 3.63) is 113 Å². The van der Waals surface area contributed by atoms with Crippen LogP contribution in [-0.4, -0.2) is 95.4 Å². The summed E-state index contributed by atoms with van der Waals surface area (Å²) in [6.45, 7) is 26.7. The number of halogens is 1. The van der Waals surface area contributed by atoms with E-state index in [-0.39, 0.29) is 29.6 Å². The second kappa shape index (κ2) is 50.1. The molecule has 70 heavy (non-hydrogen) atoms. The molecule has 3 aromatic rings. The van der Waals surface area contributed by atoms with Gasteiger partial charge in [0.05, 0.1) is 0 Å². The Balaban J connectivity index is -0.000000183. The summed E-state index contributed by atoms with van der Waals surface area (Å²) < 4.78 is 9.73. The van der Waals surface area contributed by atoms with Crippen LogP contribution in [0.15, 0.2) is 69.3 Å². The van der Waals surface area contributed by atoms with Gasteiger partial charge in [0, 0.05) is 77.2 Å². The Morgan fingerprint density at radius 3 is 1.54 bits per heavy atom. The fourth-order valence-corrected chi connectivity index (χ4v) is 4.22. The minimum absolute atomic E-state index is 0. The van der Waals surface area contributed by atoms with Crippen molar-refractivity contribution in [2.24, 2.45) is 16.0 Å². The first kappa shape index (κ1) is 76.2. The number of benzene rings is 3. The normalized spacial score (nSPS) is 8.96. The van der Waals surface area contributed by atoms with E-state index in [9.17, 15) is 28.8 Å². The van der Waals surface area contributed by atoms with Gasteiger partial charge in [0.2, 0.25) is 5.97 Å². The van der Waals surface area contributed by atoms with Crippen molar-refractivity contribution in [2.45, 2.75) is 115 Å². The summed E-state index contributed by atoms with van der Waals surface area (Å²) in [5.74, 6) is -1.74. The van der Waals surface area contributed by atoms with E-state index in [1.54, 1.807) is 24.3 Å². The number of hydrogen-bond donors (Lipinski definition) is 3. The number of carbonyl (C=O) groups excluding carboxylic acids is 6. The minimum Gasteiger partial charge on any atom is -0.793 e. The van der Waals surface area contributed by atoms with Crippen molar-refractivity contribution in [2.75, 3.05) is 40.3 Å². The number of nitrogens with zero attached hydrogens (tertiary/aromatic N) is 7. The molecule has 0 bridgehead atoms. The van der Waals surface area contributed by atoms with Gasteiger partial charge in [-0.2, -0.15) is 0 Å². The van der Waals surface area contributed by atoms with Gasteiger partial charge in [-0.25, -0.2) is 24.2 Å². The number of alkyl carbamates (subject to hydrolysis) is 1. The van der Waals surface area contributed by atoms with Crippen molar-refractivity contribution in [1.29, 1.82) is 0 Å². The predicted molar refractivity (Wildman–Crippen MR) is 276 cm³/mol. The summed E-state index contributed by atoms with van der Waals surface area (Å²) in [7, 11) is 8.50. The molecule has 0 spiro atoms. The van der Waals surface area contributed by atoms with Crippen LogP contribution in [0.3, 0.4) is 0 Å². The fraction of sp³-hybridized carbons (Fsp3) is 0.489. The molecule has 0 aliphatic rings. The van der Waals surface area contributed by atoms with E-state index in [0.29, 0.717) is 42.1 Å². The second-order valence-electron chi connectivity index (χ2n) is 14.7. The summed E-state index contributed by atoms with van der Waals surface area (Å²) >= 11 is 3.33. The summed E-state index contributed by atoms with van der Waals surface area (Å²) in [6, 6.07) is 16.2. The largest absolute Gasteiger partial charge is 1.00 e. The van der Waals surface area contributed by atoms with Crippen molar-refractivity contribution in [3.8, 4) is 0 Å². The molecule has 0 saturated carbocycles. The van der Waals surface area contributed by atoms with Gasteiger partial charge in [-0.1, -0.05) is 90.3 Å². The van der Waals surface area contributed by atoms with E-state index in [1.807, 2.05) is 85.7 Å². The van der Waals surface area contributed by atoms with E-state index in [0.717, 1.165) is 66.1 Å². The first-order valence-corrected chi connectivity index (χ1v) is 22.4. The molecule has 0 aromatic heterocycles. The number of aldehydes is 2. The molecule has 0 heterocycles. The number of hydrogen-bond acceptors (Lipinski definition) is 15. The number of nitrogens with two attached hydrogens (primary N) is 1. The number of nitrogens with one attached hydrogen (secondary N) is 2. The predicted octanol–water partition coefficient (Wildman–Crippen LogP) is 7.87. The minimum atomic E-state index is -0.639. The SMILES string of the molecule is CC.CC(=O)OOC(C)=O.CCCN.CCCN(C)C.Cc1ccc(C=O)cc1Br.Cc1ccc(C=O)cc1N=[N+]=[N-].Cc1ccc(CNCCNC(=O)OC(C)(C)C)cc1N=[N+]=[N-].[B-]OC(C)=O.[Na+]. The number of ether oxygens (including phenoxy) is 1. The molecule has 3 radical (unpaired) electrons. The standard InChI is InChI=1S/C15H23N5O2.C8H7BrO.C8H7N3O.C5H13N.C4H6O4.C3H9N.C2H3BO2.C2H6.Na/c1-11-5-6-12(9-13(11)19-20-16)10-17-7-8-18-14(21)22-15(2,3)4;1-6-2-3-7(5-10)4-8(6)9;1-6-2-3-7(5-12)4-8(6)10-11-9;1-4-5-6(2)3;1-3(5)7-8-4(2)6;1-2-3-4;1-2(4)5-3;1-2;/h5-6,9,17H,7-8,10H2,1-4H3,(H,18,21);2-5H,1H3;2-5H,1H3;4-5H2,1-3H3;1-2H3;2-4H2,1H3;1H3;1-2H3;/q;;;;;;-1;;+1. The Morgan fingerprint density at radius 1 is 0.771 bits per heavy atom. The van der Waals surface area contributed by atoms with Gasteiger partial charge in [0.1, 0.15) is 18.2 Å². The van der Waals surface area contributed by atoms with E-state index in [1.165, 1.54) is 19.9 Å². The zero-order chi connectivity index (χ0) is 54.4. The molecule has 0 aliphatic heterocycles. The third-order valence-electron chi connectivity index (χ3n) is 6.98. The first-order valence-electron chi connectivity index (χ1n) is 21.6. The molecule has 20 nitrogen and oxygen atoms in total. The van der Waals surface area contributed by atoms with Crippen molar-refractivity contribution in [1.82, 2.24) is 15.5 Å². The van der Waals surface area contributed by atoms with Crippen molar-refractivity contribution < 1.29 is 77.5 Å². The van der Waals surface area contributed by atoms with Crippen LogP contribution in [0.4, 0.5) is 16.2 Å². The van der Waals surface area contributed by atoms with Gasteiger partial charge < -0.3 is 38.7 Å². The Labute approximate surface area is 446 Å². The Kier molecular flexibility index (Phi) is 54.6. The molecule has 0 atom stereocenters. The number of azide groups is 2. The van der Waals surface area contributed by atoms with Crippen LogP contribution in [0, 0.1) is 20.8 Å². The smallest absolute Gasteiger partial charge is 0.793 e. The van der Waals surface area contributed by atoms with Gasteiger partial charge in [-0.05, 0) is 133 Å². The molecule has 0 fully saturated rings. The molecule has 0 aliphatic carbocycles. The second-order valence-corrected chi connectivity index (χ2v) is 15.6. The molecule has 3 rings (SSSR count). The quantitative estimate of drug-likeness (QED) is 0.0228. The molecular weight excluding hydrogens is 978 g/mol. The monoisotopic (exact) mass is 1050 g/mol. The molecule has 23 heteroatoms. The molecule has 4 N–H and O–H groups in total. The third-order valence-corrected chi connectivity index (χ3v) is 7.84. The van der Waals surface area contributed by atoms with Gasteiger partial charge in [-0.15, -0.1) is 0 Å². The molecule has 383 valence electrons. The molecular formula is C47H74BBrN10NaO10.